The monoisotopic (exact) mass is 355 g/mol. The molecule has 0 spiro atoms. The summed E-state index contributed by atoms with van der Waals surface area (Å²) in [5.74, 6) is 2.87. The first-order valence-corrected chi connectivity index (χ1v) is 10.4. The average Bonchev–Trinajstić information content (AvgIpc) is 3.27. The number of aryl methyl sites for hydroxylation is 2. The molecule has 4 nitrogen and oxygen atoms in total. The number of aromatic nitrogens is 2. The van der Waals surface area contributed by atoms with Crippen LogP contribution in [-0.2, 0) is 17.6 Å². The van der Waals surface area contributed by atoms with Crippen molar-refractivity contribution in [2.75, 3.05) is 24.6 Å². The zero-order valence-electron chi connectivity index (χ0n) is 14.7. The molecule has 1 saturated carbocycles. The van der Waals surface area contributed by atoms with E-state index in [0.717, 1.165) is 25.3 Å². The molecule has 1 atom stereocenters. The van der Waals surface area contributed by atoms with E-state index in [9.17, 15) is 0 Å². The minimum Gasteiger partial charge on any atom is -0.372 e. The topological polar surface area (TPSA) is 38.2 Å². The van der Waals surface area contributed by atoms with Crippen molar-refractivity contribution in [3.63, 3.8) is 0 Å². The van der Waals surface area contributed by atoms with Gasteiger partial charge in [-0.15, -0.1) is 17.9 Å². The molecule has 2 fully saturated rings. The first-order valence-electron chi connectivity index (χ1n) is 9.63. The number of ether oxygens (including phenoxy) is 1. The fraction of sp³-hybridized carbons (Fsp3) is 0.600. The maximum absolute atomic E-state index is 5.90. The van der Waals surface area contributed by atoms with Crippen molar-refractivity contribution in [1.82, 2.24) is 9.97 Å². The molecular formula is C20H25N3OS. The van der Waals surface area contributed by atoms with Gasteiger partial charge in [0.2, 0.25) is 0 Å². The molecule has 2 aromatic rings. The Hall–Kier alpha value is -1.46. The van der Waals surface area contributed by atoms with Crippen LogP contribution in [0.1, 0.15) is 54.3 Å². The van der Waals surface area contributed by atoms with Crippen molar-refractivity contribution in [2.24, 2.45) is 0 Å². The summed E-state index contributed by atoms with van der Waals surface area (Å²) in [6, 6.07) is 0. The molecule has 0 aromatic carbocycles. The summed E-state index contributed by atoms with van der Waals surface area (Å²) in [6.45, 7) is 6.37. The molecular weight excluding hydrogens is 330 g/mol. The highest BCUT2D eigenvalue weighted by molar-refractivity contribution is 7.19. The smallest absolute Gasteiger partial charge is 0.141 e. The highest BCUT2D eigenvalue weighted by Gasteiger charge is 2.32. The standard InChI is InChI=1S/C20H25N3OS/c1-2-11-24-14-9-10-23(12-14)19-17-15-5-3-4-6-16(15)25-20(17)22-18(21-19)13-7-8-13/h2,13-14H,1,3-12H2. The summed E-state index contributed by atoms with van der Waals surface area (Å²) < 4.78 is 5.90. The van der Waals surface area contributed by atoms with E-state index < -0.39 is 0 Å². The number of hydrogen-bond donors (Lipinski definition) is 0. The zero-order chi connectivity index (χ0) is 16.8. The van der Waals surface area contributed by atoms with Gasteiger partial charge in [0.1, 0.15) is 16.5 Å². The van der Waals surface area contributed by atoms with Crippen LogP contribution in [0.15, 0.2) is 12.7 Å². The average molecular weight is 356 g/mol. The van der Waals surface area contributed by atoms with E-state index in [1.807, 2.05) is 17.4 Å². The molecule has 0 N–H and O–H groups in total. The molecule has 5 rings (SSSR count). The van der Waals surface area contributed by atoms with Crippen molar-refractivity contribution in [3.8, 4) is 0 Å². The molecule has 132 valence electrons. The van der Waals surface area contributed by atoms with Gasteiger partial charge >= 0.3 is 0 Å². The van der Waals surface area contributed by atoms with E-state index in [0.29, 0.717) is 18.6 Å². The molecule has 0 radical (unpaired) electrons. The van der Waals surface area contributed by atoms with Gasteiger partial charge in [-0.1, -0.05) is 6.08 Å². The van der Waals surface area contributed by atoms with Gasteiger partial charge in [-0.25, -0.2) is 9.97 Å². The summed E-state index contributed by atoms with van der Waals surface area (Å²) >= 11 is 1.92. The number of thiophene rings is 1. The Kier molecular flexibility index (Phi) is 4.01. The molecule has 2 aromatic heterocycles. The van der Waals surface area contributed by atoms with Crippen LogP contribution < -0.4 is 4.90 Å². The van der Waals surface area contributed by atoms with Gasteiger partial charge in [-0.05, 0) is 50.5 Å². The molecule has 2 aliphatic carbocycles. The van der Waals surface area contributed by atoms with Crippen LogP contribution in [0.4, 0.5) is 5.82 Å². The lowest BCUT2D eigenvalue weighted by molar-refractivity contribution is 0.0909. The molecule has 1 saturated heterocycles. The Labute approximate surface area is 152 Å². The van der Waals surface area contributed by atoms with Crippen molar-refractivity contribution in [2.45, 2.75) is 57.0 Å². The lowest BCUT2D eigenvalue weighted by atomic mass is 9.97. The summed E-state index contributed by atoms with van der Waals surface area (Å²) in [7, 11) is 0. The molecule has 0 bridgehead atoms. The van der Waals surface area contributed by atoms with Crippen LogP contribution in [0.3, 0.4) is 0 Å². The van der Waals surface area contributed by atoms with Gasteiger partial charge in [0.15, 0.2) is 0 Å². The van der Waals surface area contributed by atoms with Crippen molar-refractivity contribution < 1.29 is 4.74 Å². The van der Waals surface area contributed by atoms with E-state index in [1.165, 1.54) is 54.6 Å². The summed E-state index contributed by atoms with van der Waals surface area (Å²) in [6.07, 6.45) is 10.7. The fourth-order valence-electron chi connectivity index (χ4n) is 4.17. The second-order valence-corrected chi connectivity index (χ2v) is 8.63. The number of nitrogens with zero attached hydrogens (tertiary/aromatic N) is 3. The van der Waals surface area contributed by atoms with Crippen molar-refractivity contribution in [3.05, 3.63) is 28.9 Å². The molecule has 25 heavy (non-hydrogen) atoms. The van der Waals surface area contributed by atoms with Gasteiger partial charge < -0.3 is 9.64 Å². The first kappa shape index (κ1) is 15.8. The molecule has 3 heterocycles. The third-order valence-corrected chi connectivity index (χ3v) is 6.84. The van der Waals surface area contributed by atoms with E-state index in [1.54, 1.807) is 10.4 Å². The van der Waals surface area contributed by atoms with E-state index in [2.05, 4.69) is 11.5 Å². The van der Waals surface area contributed by atoms with Gasteiger partial charge in [0.25, 0.3) is 0 Å². The highest BCUT2D eigenvalue weighted by atomic mass is 32.1. The predicted octanol–water partition coefficient (Wildman–Crippen LogP) is 4.23. The van der Waals surface area contributed by atoms with E-state index in [4.69, 9.17) is 14.7 Å². The molecule has 0 amide bonds. The Bertz CT molecular complexity index is 811. The number of rotatable bonds is 5. The molecule has 3 aliphatic rings. The Balaban J connectivity index is 1.56. The third kappa shape index (κ3) is 2.87. The zero-order valence-corrected chi connectivity index (χ0v) is 15.5. The lowest BCUT2D eigenvalue weighted by Gasteiger charge is -2.20. The first-order chi connectivity index (χ1) is 12.3. The largest absolute Gasteiger partial charge is 0.372 e. The molecule has 5 heteroatoms. The van der Waals surface area contributed by atoms with Gasteiger partial charge in [-0.2, -0.15) is 0 Å². The third-order valence-electron chi connectivity index (χ3n) is 5.65. The maximum atomic E-state index is 5.90. The van der Waals surface area contributed by atoms with Crippen molar-refractivity contribution >= 4 is 27.4 Å². The lowest BCUT2D eigenvalue weighted by Crippen LogP contribution is -2.24. The summed E-state index contributed by atoms with van der Waals surface area (Å²) in [5.41, 5.74) is 1.54. The second kappa shape index (κ2) is 6.36. The van der Waals surface area contributed by atoms with Crippen LogP contribution in [-0.4, -0.2) is 35.8 Å². The summed E-state index contributed by atoms with van der Waals surface area (Å²) in [5, 5.41) is 1.36. The van der Waals surface area contributed by atoms with Crippen LogP contribution in [0, 0.1) is 0 Å². The predicted molar refractivity (Wildman–Crippen MR) is 103 cm³/mol. The number of fused-ring (bicyclic) bond motifs is 3. The summed E-state index contributed by atoms with van der Waals surface area (Å²) in [4.78, 5) is 15.3. The minimum atomic E-state index is 0.293. The Morgan fingerprint density at radius 2 is 2.08 bits per heavy atom. The van der Waals surface area contributed by atoms with E-state index >= 15 is 0 Å². The van der Waals surface area contributed by atoms with Gasteiger partial charge in [0, 0.05) is 23.9 Å². The molecule has 1 unspecified atom stereocenters. The highest BCUT2D eigenvalue weighted by Crippen LogP contribution is 2.44. The van der Waals surface area contributed by atoms with Gasteiger partial charge in [-0.3, -0.25) is 0 Å². The van der Waals surface area contributed by atoms with E-state index in [-0.39, 0.29) is 0 Å². The molecule has 1 aliphatic heterocycles. The Morgan fingerprint density at radius 1 is 1.20 bits per heavy atom. The van der Waals surface area contributed by atoms with Crippen LogP contribution >= 0.6 is 11.3 Å². The normalized spacial score (nSPS) is 23.2. The van der Waals surface area contributed by atoms with Crippen LogP contribution in [0.25, 0.3) is 10.2 Å². The fourth-order valence-corrected chi connectivity index (χ4v) is 5.43. The SMILES string of the molecule is C=CCOC1CCN(c2nc(C3CC3)nc3sc4c(c23)CCCC4)C1. The van der Waals surface area contributed by atoms with Gasteiger partial charge in [0.05, 0.1) is 18.1 Å². The van der Waals surface area contributed by atoms with Crippen LogP contribution in [0.5, 0.6) is 0 Å². The Morgan fingerprint density at radius 3 is 2.92 bits per heavy atom. The number of anilines is 1. The number of hydrogen-bond acceptors (Lipinski definition) is 5. The van der Waals surface area contributed by atoms with Crippen molar-refractivity contribution in [1.29, 1.82) is 0 Å². The van der Waals surface area contributed by atoms with Crippen LogP contribution in [0.2, 0.25) is 0 Å². The minimum absolute atomic E-state index is 0.293. The quantitative estimate of drug-likeness (QED) is 0.753. The second-order valence-electron chi connectivity index (χ2n) is 7.55. The maximum Gasteiger partial charge on any atom is 0.141 e.